The average Bonchev–Trinajstić information content (AvgIpc) is 2.99. The van der Waals surface area contributed by atoms with Crippen LogP contribution in [0.25, 0.3) is 17.3 Å². The third-order valence-corrected chi connectivity index (χ3v) is 5.98. The lowest BCUT2D eigenvalue weighted by molar-refractivity contribution is -0.115. The fourth-order valence-electron chi connectivity index (χ4n) is 3.58. The quantitative estimate of drug-likeness (QED) is 0.678. The lowest BCUT2D eigenvalue weighted by Gasteiger charge is -2.22. The van der Waals surface area contributed by atoms with E-state index in [1.54, 1.807) is 24.1 Å². The van der Waals surface area contributed by atoms with Crippen molar-refractivity contribution in [3.8, 4) is 11.3 Å². The van der Waals surface area contributed by atoms with Crippen LogP contribution >= 0.6 is 11.8 Å². The summed E-state index contributed by atoms with van der Waals surface area (Å²) in [6.45, 7) is 4.39. The highest BCUT2D eigenvalue weighted by molar-refractivity contribution is 8.18. The molecule has 172 valence electrons. The van der Waals surface area contributed by atoms with Crippen LogP contribution in [0, 0.1) is 5.82 Å². The molecule has 2 aliphatic rings. The lowest BCUT2D eigenvalue weighted by atomic mass is 10.1. The smallest absolute Gasteiger partial charge is 0.409 e. The first kappa shape index (κ1) is 22.7. The summed E-state index contributed by atoms with van der Waals surface area (Å²) in [6, 6.07) is 4.38. The molecule has 1 N–H and O–H groups in total. The number of nitrogens with one attached hydrogen (secondary N) is 1. The highest BCUT2D eigenvalue weighted by Gasteiger charge is 2.25. The molecule has 1 aromatic heterocycles. The number of amides is 3. The van der Waals surface area contributed by atoms with Crippen molar-refractivity contribution in [2.75, 3.05) is 37.7 Å². The fraction of sp³-hybridized carbons (Fsp3) is 0.318. The van der Waals surface area contributed by atoms with Gasteiger partial charge in [0.2, 0.25) is 0 Å². The Hall–Kier alpha value is -3.47. The van der Waals surface area contributed by atoms with Gasteiger partial charge < -0.3 is 14.5 Å². The Labute approximate surface area is 194 Å². The Morgan fingerprint density at radius 3 is 2.85 bits per heavy atom. The number of benzene rings is 1. The van der Waals surface area contributed by atoms with Crippen LogP contribution in [-0.4, -0.2) is 64.9 Å². The molecule has 0 bridgehead atoms. The second-order valence-corrected chi connectivity index (χ2v) is 8.40. The maximum Gasteiger partial charge on any atom is 0.409 e. The van der Waals surface area contributed by atoms with Gasteiger partial charge in [0.25, 0.3) is 11.1 Å². The van der Waals surface area contributed by atoms with Gasteiger partial charge in [-0.3, -0.25) is 19.9 Å². The molecular formula is C22H22FN5O4S. The molecule has 0 atom stereocenters. The number of hydrogen-bond donors (Lipinski definition) is 1. The van der Waals surface area contributed by atoms with Crippen LogP contribution in [-0.2, 0) is 9.53 Å². The summed E-state index contributed by atoms with van der Waals surface area (Å²) in [5, 5.41) is 1.75. The van der Waals surface area contributed by atoms with E-state index in [-0.39, 0.29) is 16.6 Å². The Balaban J connectivity index is 1.55. The normalized spacial score (nSPS) is 17.8. The number of anilines is 1. The van der Waals surface area contributed by atoms with Crippen LogP contribution in [0.4, 0.5) is 19.8 Å². The Morgan fingerprint density at radius 2 is 2.09 bits per heavy atom. The molecule has 11 heteroatoms. The average molecular weight is 472 g/mol. The van der Waals surface area contributed by atoms with Crippen molar-refractivity contribution < 1.29 is 23.5 Å². The molecule has 0 spiro atoms. The minimum absolute atomic E-state index is 0.233. The number of imide groups is 1. The molecule has 9 nitrogen and oxygen atoms in total. The molecule has 2 fully saturated rings. The zero-order chi connectivity index (χ0) is 23.4. The molecular weight excluding hydrogens is 449 g/mol. The van der Waals surface area contributed by atoms with E-state index in [0.717, 1.165) is 18.2 Å². The van der Waals surface area contributed by atoms with Crippen LogP contribution in [0.3, 0.4) is 0 Å². The molecule has 3 amide bonds. The minimum Gasteiger partial charge on any atom is -0.450 e. The van der Waals surface area contributed by atoms with Crippen LogP contribution in [0.15, 0.2) is 35.5 Å². The van der Waals surface area contributed by atoms with E-state index in [4.69, 9.17) is 4.74 Å². The minimum atomic E-state index is -0.479. The zero-order valence-electron chi connectivity index (χ0n) is 17.9. The molecule has 0 aliphatic carbocycles. The van der Waals surface area contributed by atoms with Gasteiger partial charge in [-0.05, 0) is 48.9 Å². The predicted octanol–water partition coefficient (Wildman–Crippen LogP) is 3.28. The molecule has 4 rings (SSSR count). The van der Waals surface area contributed by atoms with E-state index in [1.165, 1.54) is 24.4 Å². The van der Waals surface area contributed by atoms with Gasteiger partial charge in [0.15, 0.2) is 0 Å². The van der Waals surface area contributed by atoms with Crippen molar-refractivity contribution >= 4 is 40.9 Å². The van der Waals surface area contributed by atoms with Gasteiger partial charge in [0.05, 0.1) is 29.6 Å². The van der Waals surface area contributed by atoms with Crippen LogP contribution in [0.1, 0.15) is 18.9 Å². The number of carbonyl (C=O) groups excluding carboxylic acids is 3. The van der Waals surface area contributed by atoms with Gasteiger partial charge in [-0.2, -0.15) is 0 Å². The SMILES string of the molecule is CCOC(=O)N1CCCN(c2cncc(-c3cc(/C=C4\SC(=O)NC4=O)ccc3F)n2)CC1. The standard InChI is InChI=1S/C22H22FN5O4S/c1-2-32-22(31)28-7-3-6-27(8-9-28)19-13-24-12-17(25-19)15-10-14(4-5-16(15)23)11-18-20(29)26-21(30)33-18/h4-5,10-13H,2-3,6-9H2,1H3,(H,26,29,30)/b18-11-. The topological polar surface area (TPSA) is 105 Å². The lowest BCUT2D eigenvalue weighted by Crippen LogP contribution is -2.35. The van der Waals surface area contributed by atoms with Crippen molar-refractivity contribution in [1.82, 2.24) is 20.2 Å². The fourth-order valence-corrected chi connectivity index (χ4v) is 4.27. The highest BCUT2D eigenvalue weighted by atomic mass is 32.2. The van der Waals surface area contributed by atoms with Gasteiger partial charge in [-0.25, -0.2) is 14.2 Å². The van der Waals surface area contributed by atoms with Crippen molar-refractivity contribution in [2.24, 2.45) is 0 Å². The summed E-state index contributed by atoms with van der Waals surface area (Å²) >= 11 is 0.799. The summed E-state index contributed by atoms with van der Waals surface area (Å²) in [5.74, 6) is -0.374. The monoisotopic (exact) mass is 471 g/mol. The number of carbonyl (C=O) groups is 3. The van der Waals surface area contributed by atoms with E-state index in [0.29, 0.717) is 49.9 Å². The van der Waals surface area contributed by atoms with Crippen molar-refractivity contribution in [2.45, 2.75) is 13.3 Å². The molecule has 33 heavy (non-hydrogen) atoms. The highest BCUT2D eigenvalue weighted by Crippen LogP contribution is 2.29. The number of rotatable bonds is 4. The Bertz CT molecular complexity index is 1130. The summed E-state index contributed by atoms with van der Waals surface area (Å²) in [4.78, 5) is 48.0. The van der Waals surface area contributed by atoms with E-state index in [2.05, 4.69) is 15.3 Å². The number of ether oxygens (including phenoxy) is 1. The summed E-state index contributed by atoms with van der Waals surface area (Å²) < 4.78 is 19.7. The maximum atomic E-state index is 14.7. The van der Waals surface area contributed by atoms with Gasteiger partial charge in [0, 0.05) is 31.7 Å². The van der Waals surface area contributed by atoms with Crippen molar-refractivity contribution in [3.63, 3.8) is 0 Å². The zero-order valence-corrected chi connectivity index (χ0v) is 18.7. The first-order valence-electron chi connectivity index (χ1n) is 10.5. The van der Waals surface area contributed by atoms with Crippen LogP contribution in [0.5, 0.6) is 0 Å². The Kier molecular flexibility index (Phi) is 6.87. The van der Waals surface area contributed by atoms with E-state index in [9.17, 15) is 18.8 Å². The largest absolute Gasteiger partial charge is 0.450 e. The first-order valence-corrected chi connectivity index (χ1v) is 11.3. The molecule has 3 heterocycles. The Morgan fingerprint density at radius 1 is 1.24 bits per heavy atom. The third kappa shape index (κ3) is 5.30. The summed E-state index contributed by atoms with van der Waals surface area (Å²) in [5.41, 5.74) is 1.14. The number of hydrogen-bond acceptors (Lipinski definition) is 8. The molecule has 0 saturated carbocycles. The van der Waals surface area contributed by atoms with E-state index < -0.39 is 17.0 Å². The van der Waals surface area contributed by atoms with Gasteiger partial charge in [0.1, 0.15) is 11.6 Å². The van der Waals surface area contributed by atoms with Gasteiger partial charge in [-0.15, -0.1) is 0 Å². The summed E-state index contributed by atoms with van der Waals surface area (Å²) in [7, 11) is 0. The first-order chi connectivity index (χ1) is 15.9. The summed E-state index contributed by atoms with van der Waals surface area (Å²) in [6.07, 6.45) is 5.02. The van der Waals surface area contributed by atoms with Crippen LogP contribution in [0.2, 0.25) is 0 Å². The molecule has 2 saturated heterocycles. The number of nitrogens with zero attached hydrogens (tertiary/aromatic N) is 4. The molecule has 1 aromatic carbocycles. The van der Waals surface area contributed by atoms with E-state index in [1.807, 2.05) is 4.90 Å². The number of aromatic nitrogens is 2. The molecule has 0 unspecified atom stereocenters. The third-order valence-electron chi connectivity index (χ3n) is 5.17. The molecule has 2 aliphatic heterocycles. The number of thioether (sulfide) groups is 1. The van der Waals surface area contributed by atoms with Crippen LogP contribution < -0.4 is 10.2 Å². The molecule has 2 aromatic rings. The van der Waals surface area contributed by atoms with Crippen molar-refractivity contribution in [1.29, 1.82) is 0 Å². The van der Waals surface area contributed by atoms with Gasteiger partial charge >= 0.3 is 6.09 Å². The van der Waals surface area contributed by atoms with Crippen molar-refractivity contribution in [3.05, 3.63) is 46.9 Å². The van der Waals surface area contributed by atoms with E-state index >= 15 is 0 Å². The maximum absolute atomic E-state index is 14.7. The number of halogens is 1. The second kappa shape index (κ2) is 9.99. The molecule has 0 radical (unpaired) electrons. The second-order valence-electron chi connectivity index (χ2n) is 7.38. The predicted molar refractivity (Wildman–Crippen MR) is 122 cm³/mol. The van der Waals surface area contributed by atoms with Gasteiger partial charge in [-0.1, -0.05) is 6.07 Å².